The number of hydrogen-bond acceptors (Lipinski definition) is 7. The average Bonchev–Trinajstić information content (AvgIpc) is 2.81. The van der Waals surface area contributed by atoms with Crippen LogP contribution in [0.1, 0.15) is 12.8 Å². The smallest absolute Gasteiger partial charge is 0.240 e. The first-order chi connectivity index (χ1) is 15.4. The highest BCUT2D eigenvalue weighted by Crippen LogP contribution is 2.18. The van der Waals surface area contributed by atoms with Crippen LogP contribution in [0.4, 0.5) is 5.95 Å². The number of halogens is 1. The predicted molar refractivity (Wildman–Crippen MR) is 122 cm³/mol. The minimum atomic E-state index is -3.58. The molecule has 0 saturated carbocycles. The number of benzene rings is 1. The molecule has 0 aliphatic carbocycles. The Balaban J connectivity index is 1.21. The molecule has 2 fully saturated rings. The fraction of sp³-hybridized carbons (Fsp3) is 0.476. The molecule has 0 bridgehead atoms. The van der Waals surface area contributed by atoms with E-state index in [4.69, 9.17) is 11.6 Å². The number of carbonyl (C=O) groups excluding carboxylic acids is 1. The van der Waals surface area contributed by atoms with Crippen molar-refractivity contribution in [2.75, 3.05) is 50.7 Å². The highest BCUT2D eigenvalue weighted by Gasteiger charge is 2.28. The van der Waals surface area contributed by atoms with E-state index in [2.05, 4.69) is 24.5 Å². The monoisotopic (exact) mass is 478 g/mol. The van der Waals surface area contributed by atoms with Gasteiger partial charge in [-0.05, 0) is 43.2 Å². The Labute approximate surface area is 193 Å². The number of piperazine rings is 1. The topological polar surface area (TPSA) is 98.7 Å². The van der Waals surface area contributed by atoms with Crippen LogP contribution in [-0.2, 0) is 14.8 Å². The third-order valence-electron chi connectivity index (χ3n) is 5.86. The van der Waals surface area contributed by atoms with Gasteiger partial charge in [0.15, 0.2) is 0 Å². The maximum Gasteiger partial charge on any atom is 0.240 e. The molecule has 0 radical (unpaired) electrons. The van der Waals surface area contributed by atoms with Crippen molar-refractivity contribution in [2.45, 2.75) is 23.8 Å². The van der Waals surface area contributed by atoms with Crippen molar-refractivity contribution >= 4 is 33.5 Å². The highest BCUT2D eigenvalue weighted by molar-refractivity contribution is 7.89. The number of nitrogens with one attached hydrogen (secondary N) is 1. The van der Waals surface area contributed by atoms with Crippen molar-refractivity contribution in [2.24, 2.45) is 0 Å². The molecular weight excluding hydrogens is 452 g/mol. The number of hydrogen-bond donors (Lipinski definition) is 1. The summed E-state index contributed by atoms with van der Waals surface area (Å²) in [5.41, 5.74) is 0. The summed E-state index contributed by atoms with van der Waals surface area (Å²) in [6, 6.07) is 7.78. The molecule has 1 aromatic carbocycles. The van der Waals surface area contributed by atoms with Crippen LogP contribution in [-0.4, -0.2) is 85.9 Å². The molecule has 2 aromatic rings. The van der Waals surface area contributed by atoms with Crippen LogP contribution in [0.15, 0.2) is 47.6 Å². The summed E-state index contributed by atoms with van der Waals surface area (Å²) >= 11 is 5.84. The SMILES string of the molecule is O=C(CN1CCC(NS(=O)(=O)c2ccc(Cl)cc2)CC1)N1CCN(c2ncccn2)CC1. The average molecular weight is 479 g/mol. The Hall–Kier alpha value is -2.27. The molecule has 0 spiro atoms. The van der Waals surface area contributed by atoms with Crippen LogP contribution >= 0.6 is 11.6 Å². The van der Waals surface area contributed by atoms with Crippen molar-refractivity contribution in [3.63, 3.8) is 0 Å². The molecule has 1 N–H and O–H groups in total. The number of piperidine rings is 1. The van der Waals surface area contributed by atoms with Crippen molar-refractivity contribution in [3.8, 4) is 0 Å². The van der Waals surface area contributed by atoms with Gasteiger partial charge in [-0.25, -0.2) is 23.1 Å². The van der Waals surface area contributed by atoms with Crippen LogP contribution < -0.4 is 9.62 Å². The van der Waals surface area contributed by atoms with Crippen LogP contribution in [0.2, 0.25) is 5.02 Å². The number of sulfonamides is 1. The molecule has 3 heterocycles. The molecule has 2 aliphatic heterocycles. The Morgan fingerprint density at radius 2 is 1.62 bits per heavy atom. The van der Waals surface area contributed by atoms with E-state index in [0.717, 1.165) is 0 Å². The maximum absolute atomic E-state index is 12.7. The van der Waals surface area contributed by atoms with Gasteiger partial charge in [0.2, 0.25) is 21.9 Å². The number of likely N-dealkylation sites (tertiary alicyclic amines) is 1. The zero-order valence-corrected chi connectivity index (χ0v) is 19.3. The van der Waals surface area contributed by atoms with Gasteiger partial charge in [0.1, 0.15) is 0 Å². The minimum absolute atomic E-state index is 0.110. The quantitative estimate of drug-likeness (QED) is 0.666. The van der Waals surface area contributed by atoms with Gasteiger partial charge < -0.3 is 9.80 Å². The van der Waals surface area contributed by atoms with E-state index in [0.29, 0.717) is 69.6 Å². The summed E-state index contributed by atoms with van der Waals surface area (Å²) in [5, 5.41) is 0.497. The third-order valence-corrected chi connectivity index (χ3v) is 7.65. The number of aromatic nitrogens is 2. The Kier molecular flexibility index (Phi) is 7.24. The summed E-state index contributed by atoms with van der Waals surface area (Å²) in [6.45, 7) is 4.44. The summed E-state index contributed by atoms with van der Waals surface area (Å²) in [6.07, 6.45) is 4.77. The molecule has 172 valence electrons. The Morgan fingerprint density at radius 1 is 1.00 bits per heavy atom. The molecule has 0 atom stereocenters. The fourth-order valence-corrected chi connectivity index (χ4v) is 5.44. The molecule has 2 saturated heterocycles. The molecule has 9 nitrogen and oxygen atoms in total. The lowest BCUT2D eigenvalue weighted by Gasteiger charge is -2.37. The fourth-order valence-electron chi connectivity index (χ4n) is 4.01. The van der Waals surface area contributed by atoms with Gasteiger partial charge in [0.05, 0.1) is 11.4 Å². The van der Waals surface area contributed by atoms with E-state index >= 15 is 0 Å². The molecule has 32 heavy (non-hydrogen) atoms. The summed E-state index contributed by atoms with van der Waals surface area (Å²) in [5.74, 6) is 0.807. The lowest BCUT2D eigenvalue weighted by Crippen LogP contribution is -2.53. The highest BCUT2D eigenvalue weighted by atomic mass is 35.5. The summed E-state index contributed by atoms with van der Waals surface area (Å²) < 4.78 is 27.9. The lowest BCUT2D eigenvalue weighted by atomic mass is 10.1. The van der Waals surface area contributed by atoms with Gasteiger partial charge >= 0.3 is 0 Å². The third kappa shape index (κ3) is 5.74. The zero-order chi connectivity index (χ0) is 22.6. The first-order valence-corrected chi connectivity index (χ1v) is 12.6. The van der Waals surface area contributed by atoms with E-state index < -0.39 is 10.0 Å². The second-order valence-corrected chi connectivity index (χ2v) is 10.2. The number of amides is 1. The minimum Gasteiger partial charge on any atom is -0.338 e. The Bertz CT molecular complexity index is 1010. The van der Waals surface area contributed by atoms with Gasteiger partial charge in [-0.3, -0.25) is 9.69 Å². The van der Waals surface area contributed by atoms with Crippen molar-refractivity contribution < 1.29 is 13.2 Å². The zero-order valence-electron chi connectivity index (χ0n) is 17.7. The van der Waals surface area contributed by atoms with E-state index in [1.807, 2.05) is 4.90 Å². The second-order valence-electron chi connectivity index (χ2n) is 8.04. The number of anilines is 1. The first kappa shape index (κ1) is 22.9. The van der Waals surface area contributed by atoms with E-state index in [1.54, 1.807) is 30.6 Å². The standard InChI is InChI=1S/C21H27ClN6O3S/c22-17-2-4-19(5-3-17)32(30,31)25-18-6-10-26(11-7-18)16-20(29)27-12-14-28(15-13-27)21-23-8-1-9-24-21/h1-5,8-9,18,25H,6-7,10-16H2. The van der Waals surface area contributed by atoms with Crippen molar-refractivity contribution in [3.05, 3.63) is 47.7 Å². The van der Waals surface area contributed by atoms with Crippen molar-refractivity contribution in [1.29, 1.82) is 0 Å². The lowest BCUT2D eigenvalue weighted by molar-refractivity contribution is -0.133. The van der Waals surface area contributed by atoms with Crippen LogP contribution in [0.25, 0.3) is 0 Å². The van der Waals surface area contributed by atoms with Crippen LogP contribution in [0, 0.1) is 0 Å². The summed E-state index contributed by atoms with van der Waals surface area (Å²) in [7, 11) is -3.58. The maximum atomic E-state index is 12.7. The van der Waals surface area contributed by atoms with Gasteiger partial charge in [-0.2, -0.15) is 0 Å². The van der Waals surface area contributed by atoms with E-state index in [9.17, 15) is 13.2 Å². The molecule has 4 rings (SSSR count). The van der Waals surface area contributed by atoms with Crippen molar-refractivity contribution in [1.82, 2.24) is 24.5 Å². The molecule has 1 amide bonds. The number of nitrogens with zero attached hydrogens (tertiary/aromatic N) is 5. The van der Waals surface area contributed by atoms with E-state index in [1.165, 1.54) is 12.1 Å². The predicted octanol–water partition coefficient (Wildman–Crippen LogP) is 1.22. The van der Waals surface area contributed by atoms with Gasteiger partial charge in [-0.15, -0.1) is 0 Å². The van der Waals surface area contributed by atoms with Gasteiger partial charge in [0, 0.05) is 62.7 Å². The van der Waals surface area contributed by atoms with Gasteiger partial charge in [0.25, 0.3) is 0 Å². The second kappa shape index (κ2) is 10.1. The number of rotatable bonds is 6. The largest absolute Gasteiger partial charge is 0.338 e. The van der Waals surface area contributed by atoms with Crippen LogP contribution in [0.3, 0.4) is 0 Å². The Morgan fingerprint density at radius 3 is 2.25 bits per heavy atom. The molecular formula is C21H27ClN6O3S. The molecule has 2 aliphatic rings. The van der Waals surface area contributed by atoms with E-state index in [-0.39, 0.29) is 16.8 Å². The van der Waals surface area contributed by atoms with Crippen LogP contribution in [0.5, 0.6) is 0 Å². The molecule has 0 unspecified atom stereocenters. The number of carbonyl (C=O) groups is 1. The summed E-state index contributed by atoms with van der Waals surface area (Å²) in [4.78, 5) is 27.6. The normalized spacial score (nSPS) is 18.7. The first-order valence-electron chi connectivity index (χ1n) is 10.7. The molecule has 1 aromatic heterocycles. The van der Waals surface area contributed by atoms with Gasteiger partial charge in [-0.1, -0.05) is 11.6 Å². The molecule has 11 heteroatoms.